The molecule has 0 saturated heterocycles. The quantitative estimate of drug-likeness (QED) is 0.497. The molecule has 1 aromatic heterocycles. The Morgan fingerprint density at radius 1 is 1.03 bits per heavy atom. The molecular weight excluding hydrogens is 464 g/mol. The lowest BCUT2D eigenvalue weighted by atomic mass is 9.94. The third kappa shape index (κ3) is 4.90. The summed E-state index contributed by atoms with van der Waals surface area (Å²) in [4.78, 5) is 32.8. The van der Waals surface area contributed by atoms with Gasteiger partial charge in [-0.1, -0.05) is 60.7 Å². The highest BCUT2D eigenvalue weighted by molar-refractivity contribution is 5.68. The Labute approximate surface area is 208 Å². The lowest BCUT2D eigenvalue weighted by Gasteiger charge is -2.32. The number of aromatic nitrogens is 2. The first-order valence-electron chi connectivity index (χ1n) is 12.4. The third-order valence-corrected chi connectivity index (χ3v) is 7.12. The van der Waals surface area contributed by atoms with Gasteiger partial charge < -0.3 is 9.64 Å². The molecular formula is C28H29F2N3O3. The molecule has 6 nitrogen and oxygen atoms in total. The number of carbonyl (C=O) groups is 1. The second kappa shape index (κ2) is 9.84. The maximum Gasteiger partial charge on any atom is 0.410 e. The second-order valence-corrected chi connectivity index (χ2v) is 9.59. The summed E-state index contributed by atoms with van der Waals surface area (Å²) in [5.41, 5.74) is 3.01. The van der Waals surface area contributed by atoms with Crippen LogP contribution >= 0.6 is 0 Å². The molecule has 0 unspecified atom stereocenters. The van der Waals surface area contributed by atoms with E-state index >= 15 is 0 Å². The number of hydrogen-bond donors (Lipinski definition) is 0. The van der Waals surface area contributed by atoms with E-state index in [1.165, 1.54) is 4.90 Å². The lowest BCUT2D eigenvalue weighted by molar-refractivity contribution is -0.0692. The number of rotatable bonds is 4. The van der Waals surface area contributed by atoms with Crippen molar-refractivity contribution in [1.29, 1.82) is 0 Å². The number of carbonyl (C=O) groups excluding carboxylic acids is 1. The number of amides is 1. The summed E-state index contributed by atoms with van der Waals surface area (Å²) in [5, 5.41) is 0. The highest BCUT2D eigenvalue weighted by atomic mass is 19.3. The molecule has 2 aliphatic rings. The van der Waals surface area contributed by atoms with Crippen molar-refractivity contribution in [2.75, 3.05) is 6.54 Å². The van der Waals surface area contributed by atoms with Gasteiger partial charge in [-0.05, 0) is 37.3 Å². The van der Waals surface area contributed by atoms with Crippen molar-refractivity contribution in [2.45, 2.75) is 63.6 Å². The molecule has 1 fully saturated rings. The summed E-state index contributed by atoms with van der Waals surface area (Å²) in [6.45, 7) is 2.28. The first kappa shape index (κ1) is 24.2. The largest absolute Gasteiger partial charge is 0.446 e. The maximum atomic E-state index is 13.8. The van der Waals surface area contributed by atoms with E-state index in [0.717, 1.165) is 11.1 Å². The van der Waals surface area contributed by atoms with Gasteiger partial charge >= 0.3 is 6.09 Å². The highest BCUT2D eigenvalue weighted by Gasteiger charge is 2.37. The molecule has 36 heavy (non-hydrogen) atoms. The predicted molar refractivity (Wildman–Crippen MR) is 131 cm³/mol. The Bertz CT molecular complexity index is 1250. The molecule has 0 spiro atoms. The fourth-order valence-corrected chi connectivity index (χ4v) is 5.19. The van der Waals surface area contributed by atoms with Crippen LogP contribution in [0.2, 0.25) is 0 Å². The summed E-state index contributed by atoms with van der Waals surface area (Å²) < 4.78 is 34.1. The Kier molecular flexibility index (Phi) is 6.60. The van der Waals surface area contributed by atoms with E-state index in [2.05, 4.69) is 0 Å². The zero-order valence-electron chi connectivity index (χ0n) is 20.2. The molecule has 1 aliphatic carbocycles. The number of nitrogens with zero attached hydrogens (tertiary/aromatic N) is 3. The van der Waals surface area contributed by atoms with Gasteiger partial charge in [0.2, 0.25) is 5.92 Å². The van der Waals surface area contributed by atoms with Crippen molar-refractivity contribution < 1.29 is 18.3 Å². The van der Waals surface area contributed by atoms with Crippen LogP contribution in [0, 0.1) is 6.92 Å². The average Bonchev–Trinajstić information content (AvgIpc) is 2.88. The molecule has 8 heteroatoms. The number of halogens is 2. The fraction of sp³-hybridized carbons (Fsp3) is 0.393. The number of hydrogen-bond acceptors (Lipinski definition) is 4. The first-order chi connectivity index (χ1) is 17.3. The van der Waals surface area contributed by atoms with Gasteiger partial charge in [-0.25, -0.2) is 18.6 Å². The van der Waals surface area contributed by atoms with Crippen LogP contribution in [0.25, 0.3) is 0 Å². The van der Waals surface area contributed by atoms with Gasteiger partial charge in [0, 0.05) is 24.9 Å². The standard InChI is InChI=1S/C28H29F2N3O3/c1-19-31-24-18-32(27(35)36-22-12-15-28(29,30)16-13-22)17-14-23(24)26(34)33(19)25(20-8-4-2-5-9-20)21-10-6-3-7-11-21/h2-11,22,25H,12-18H2,1H3. The van der Waals surface area contributed by atoms with Crippen molar-refractivity contribution in [1.82, 2.24) is 14.5 Å². The van der Waals surface area contributed by atoms with Crippen molar-refractivity contribution in [3.63, 3.8) is 0 Å². The van der Waals surface area contributed by atoms with E-state index in [1.807, 2.05) is 60.7 Å². The van der Waals surface area contributed by atoms with Crippen molar-refractivity contribution in [2.24, 2.45) is 0 Å². The molecule has 0 radical (unpaired) electrons. The zero-order valence-corrected chi connectivity index (χ0v) is 20.2. The van der Waals surface area contributed by atoms with Crippen molar-refractivity contribution in [3.8, 4) is 0 Å². The van der Waals surface area contributed by atoms with Gasteiger partial charge in [-0.2, -0.15) is 0 Å². The van der Waals surface area contributed by atoms with Crippen molar-refractivity contribution in [3.05, 3.63) is 99.2 Å². The Morgan fingerprint density at radius 2 is 1.61 bits per heavy atom. The monoisotopic (exact) mass is 493 g/mol. The van der Waals surface area contributed by atoms with Crippen LogP contribution in [0.15, 0.2) is 65.5 Å². The molecule has 0 bridgehead atoms. The maximum absolute atomic E-state index is 13.8. The third-order valence-electron chi connectivity index (χ3n) is 7.12. The van der Waals surface area contributed by atoms with Crippen LogP contribution in [-0.2, 0) is 17.7 Å². The summed E-state index contributed by atoms with van der Waals surface area (Å²) in [7, 11) is 0. The first-order valence-corrected chi connectivity index (χ1v) is 12.4. The number of alkyl halides is 2. The number of fused-ring (bicyclic) bond motifs is 1. The molecule has 2 heterocycles. The SMILES string of the molecule is Cc1nc2c(c(=O)n1C(c1ccccc1)c1ccccc1)CCN(C(=O)OC1CCC(F)(F)CC1)C2. The van der Waals surface area contributed by atoms with Crippen LogP contribution in [-0.4, -0.2) is 39.1 Å². The van der Waals surface area contributed by atoms with Gasteiger partial charge in [0.05, 0.1) is 18.3 Å². The van der Waals surface area contributed by atoms with Gasteiger partial charge in [-0.15, -0.1) is 0 Å². The van der Waals surface area contributed by atoms with E-state index < -0.39 is 18.1 Å². The number of aryl methyl sites for hydroxylation is 1. The lowest BCUT2D eigenvalue weighted by Crippen LogP contribution is -2.43. The molecule has 1 aliphatic heterocycles. The number of benzene rings is 2. The van der Waals surface area contributed by atoms with Gasteiger partial charge in [0.25, 0.3) is 5.56 Å². The van der Waals surface area contributed by atoms with Gasteiger partial charge in [-0.3, -0.25) is 9.36 Å². The molecule has 0 N–H and O–H groups in total. The van der Waals surface area contributed by atoms with Crippen LogP contribution in [0.1, 0.15) is 59.9 Å². The Balaban J connectivity index is 1.41. The molecule has 188 valence electrons. The minimum atomic E-state index is -2.67. The molecule has 1 amide bonds. The Morgan fingerprint density at radius 3 is 2.19 bits per heavy atom. The minimum absolute atomic E-state index is 0.113. The van der Waals surface area contributed by atoms with Gasteiger partial charge in [0.15, 0.2) is 0 Å². The Hall–Kier alpha value is -3.55. The fourth-order valence-electron chi connectivity index (χ4n) is 5.19. The molecule has 2 aromatic carbocycles. The molecule has 5 rings (SSSR count). The van der Waals surface area contributed by atoms with Crippen LogP contribution in [0.4, 0.5) is 13.6 Å². The predicted octanol–water partition coefficient (Wildman–Crippen LogP) is 5.26. The van der Waals surface area contributed by atoms with E-state index in [1.54, 1.807) is 11.5 Å². The highest BCUT2D eigenvalue weighted by Crippen LogP contribution is 2.34. The molecule has 0 atom stereocenters. The van der Waals surface area contributed by atoms with Gasteiger partial charge in [0.1, 0.15) is 11.9 Å². The summed E-state index contributed by atoms with van der Waals surface area (Å²) in [5.74, 6) is -2.12. The van der Waals surface area contributed by atoms with Crippen LogP contribution in [0.3, 0.4) is 0 Å². The van der Waals surface area contributed by atoms with E-state index in [0.29, 0.717) is 30.0 Å². The van der Waals surface area contributed by atoms with Crippen molar-refractivity contribution >= 4 is 6.09 Å². The summed E-state index contributed by atoms with van der Waals surface area (Å²) in [6, 6.07) is 19.4. The minimum Gasteiger partial charge on any atom is -0.446 e. The molecule has 3 aromatic rings. The molecule has 1 saturated carbocycles. The smallest absolute Gasteiger partial charge is 0.410 e. The van der Waals surface area contributed by atoms with Crippen LogP contribution in [0.5, 0.6) is 0 Å². The van der Waals surface area contributed by atoms with Crippen LogP contribution < -0.4 is 5.56 Å². The topological polar surface area (TPSA) is 64.4 Å². The van der Waals surface area contributed by atoms with E-state index in [9.17, 15) is 18.4 Å². The second-order valence-electron chi connectivity index (χ2n) is 9.59. The zero-order chi connectivity index (χ0) is 25.3. The normalized spacial score (nSPS) is 17.6. The number of ether oxygens (including phenoxy) is 1. The average molecular weight is 494 g/mol. The summed E-state index contributed by atoms with van der Waals surface area (Å²) in [6.07, 6.45) is -0.896. The summed E-state index contributed by atoms with van der Waals surface area (Å²) >= 11 is 0. The van der Waals surface area contributed by atoms with E-state index in [4.69, 9.17) is 9.72 Å². The van der Waals surface area contributed by atoms with E-state index in [-0.39, 0.29) is 43.8 Å².